The quantitative estimate of drug-likeness (QED) is 0.817. The first-order valence-electron chi connectivity index (χ1n) is 8.56. The third-order valence-electron chi connectivity index (χ3n) is 4.97. The van der Waals surface area contributed by atoms with Crippen molar-refractivity contribution in [2.75, 3.05) is 18.5 Å². The van der Waals surface area contributed by atoms with Gasteiger partial charge < -0.3 is 9.80 Å². The predicted octanol–water partition coefficient (Wildman–Crippen LogP) is 3.68. The van der Waals surface area contributed by atoms with Gasteiger partial charge in [-0.25, -0.2) is 13.2 Å². The van der Waals surface area contributed by atoms with Gasteiger partial charge in [-0.15, -0.1) is 0 Å². The summed E-state index contributed by atoms with van der Waals surface area (Å²) in [7, 11) is 1.55. The Hall–Kier alpha value is -2.83. The van der Waals surface area contributed by atoms with Crippen molar-refractivity contribution in [3.05, 3.63) is 65.5 Å². The predicted molar refractivity (Wildman–Crippen MR) is 94.4 cm³/mol. The SMILES string of the molecule is CC(c1ccc(F)c(F)c1)N(C)C(=O)C1CC(=O)N(c2ccccc2F)C1. The Balaban J connectivity index is 1.74. The van der Waals surface area contributed by atoms with Crippen LogP contribution in [0.1, 0.15) is 24.9 Å². The Morgan fingerprint density at radius 1 is 1.11 bits per heavy atom. The molecule has 0 aliphatic carbocycles. The van der Waals surface area contributed by atoms with Crippen molar-refractivity contribution in [1.82, 2.24) is 4.90 Å². The van der Waals surface area contributed by atoms with Crippen LogP contribution in [-0.4, -0.2) is 30.3 Å². The van der Waals surface area contributed by atoms with Crippen molar-refractivity contribution in [3.8, 4) is 0 Å². The molecule has 7 heteroatoms. The molecular weight excluding hydrogens is 357 g/mol. The molecule has 0 aromatic heterocycles. The summed E-state index contributed by atoms with van der Waals surface area (Å²) in [4.78, 5) is 27.8. The zero-order chi connectivity index (χ0) is 19.7. The van der Waals surface area contributed by atoms with E-state index in [9.17, 15) is 22.8 Å². The van der Waals surface area contributed by atoms with Gasteiger partial charge in [0.25, 0.3) is 0 Å². The summed E-state index contributed by atoms with van der Waals surface area (Å²) in [5.74, 6) is -3.73. The minimum absolute atomic E-state index is 0.0258. The summed E-state index contributed by atoms with van der Waals surface area (Å²) < 4.78 is 40.6. The van der Waals surface area contributed by atoms with Crippen molar-refractivity contribution in [2.24, 2.45) is 5.92 Å². The summed E-state index contributed by atoms with van der Waals surface area (Å²) in [5, 5.41) is 0. The highest BCUT2D eigenvalue weighted by atomic mass is 19.2. The maximum Gasteiger partial charge on any atom is 0.228 e. The monoisotopic (exact) mass is 376 g/mol. The van der Waals surface area contributed by atoms with Gasteiger partial charge in [-0.1, -0.05) is 18.2 Å². The van der Waals surface area contributed by atoms with Gasteiger partial charge in [0.15, 0.2) is 11.6 Å². The van der Waals surface area contributed by atoms with Crippen molar-refractivity contribution < 1.29 is 22.8 Å². The molecule has 1 saturated heterocycles. The molecule has 0 bridgehead atoms. The Kier molecular flexibility index (Phi) is 5.21. The largest absolute Gasteiger partial charge is 0.339 e. The topological polar surface area (TPSA) is 40.6 Å². The number of amides is 2. The molecule has 2 aromatic carbocycles. The first-order valence-corrected chi connectivity index (χ1v) is 8.56. The molecule has 0 spiro atoms. The van der Waals surface area contributed by atoms with Crippen LogP contribution in [0.2, 0.25) is 0 Å². The van der Waals surface area contributed by atoms with Gasteiger partial charge in [0.1, 0.15) is 5.82 Å². The number of carbonyl (C=O) groups excluding carboxylic acids is 2. The molecule has 2 unspecified atom stereocenters. The van der Waals surface area contributed by atoms with Crippen LogP contribution in [0.5, 0.6) is 0 Å². The van der Waals surface area contributed by atoms with E-state index < -0.39 is 29.4 Å². The van der Waals surface area contributed by atoms with E-state index in [-0.39, 0.29) is 30.5 Å². The average Bonchev–Trinajstić information content (AvgIpc) is 3.04. The number of para-hydroxylation sites is 1. The molecule has 0 radical (unpaired) electrons. The first kappa shape index (κ1) is 18.9. The van der Waals surface area contributed by atoms with E-state index in [1.807, 2.05) is 0 Å². The summed E-state index contributed by atoms with van der Waals surface area (Å²) in [5.41, 5.74) is 0.592. The van der Waals surface area contributed by atoms with Gasteiger partial charge >= 0.3 is 0 Å². The van der Waals surface area contributed by atoms with Crippen LogP contribution in [0.3, 0.4) is 0 Å². The van der Waals surface area contributed by atoms with Crippen LogP contribution in [0.25, 0.3) is 0 Å². The van der Waals surface area contributed by atoms with Crippen LogP contribution in [0.15, 0.2) is 42.5 Å². The van der Waals surface area contributed by atoms with Gasteiger partial charge in [0.05, 0.1) is 17.6 Å². The number of anilines is 1. The molecule has 0 saturated carbocycles. The summed E-state index contributed by atoms with van der Waals surface area (Å²) >= 11 is 0. The zero-order valence-electron chi connectivity index (χ0n) is 15.0. The minimum atomic E-state index is -0.984. The molecule has 2 aromatic rings. The minimum Gasteiger partial charge on any atom is -0.339 e. The normalized spacial score (nSPS) is 17.9. The summed E-state index contributed by atoms with van der Waals surface area (Å²) in [6.07, 6.45) is -0.0258. The molecule has 4 nitrogen and oxygen atoms in total. The maximum atomic E-state index is 14.0. The lowest BCUT2D eigenvalue weighted by molar-refractivity contribution is -0.136. The standard InChI is InChI=1S/C20H19F3N2O2/c1-12(13-7-8-15(21)17(23)9-13)24(2)20(27)14-10-19(26)25(11-14)18-6-4-3-5-16(18)22/h3-9,12,14H,10-11H2,1-2H3. The van der Waals surface area contributed by atoms with E-state index in [1.54, 1.807) is 20.0 Å². The number of halogens is 3. The van der Waals surface area contributed by atoms with Crippen LogP contribution >= 0.6 is 0 Å². The Morgan fingerprint density at radius 3 is 2.48 bits per heavy atom. The molecule has 3 rings (SSSR count). The third-order valence-corrected chi connectivity index (χ3v) is 4.97. The lowest BCUT2D eigenvalue weighted by atomic mass is 10.0. The van der Waals surface area contributed by atoms with Crippen molar-refractivity contribution in [2.45, 2.75) is 19.4 Å². The maximum absolute atomic E-state index is 14.0. The smallest absolute Gasteiger partial charge is 0.228 e. The highest BCUT2D eigenvalue weighted by molar-refractivity contribution is 6.00. The molecule has 2 amide bonds. The fourth-order valence-corrected chi connectivity index (χ4v) is 3.25. The van der Waals surface area contributed by atoms with Gasteiger partial charge in [-0.3, -0.25) is 9.59 Å². The molecule has 2 atom stereocenters. The number of rotatable bonds is 4. The number of benzene rings is 2. The molecule has 1 aliphatic heterocycles. The average molecular weight is 376 g/mol. The molecular formula is C20H19F3N2O2. The van der Waals surface area contributed by atoms with E-state index >= 15 is 0 Å². The molecule has 1 fully saturated rings. The van der Waals surface area contributed by atoms with E-state index in [0.717, 1.165) is 12.1 Å². The van der Waals surface area contributed by atoms with Crippen molar-refractivity contribution in [1.29, 1.82) is 0 Å². The van der Waals surface area contributed by atoms with Crippen LogP contribution in [0, 0.1) is 23.4 Å². The van der Waals surface area contributed by atoms with Crippen LogP contribution < -0.4 is 4.90 Å². The van der Waals surface area contributed by atoms with Crippen LogP contribution in [0.4, 0.5) is 18.9 Å². The number of hydrogen-bond acceptors (Lipinski definition) is 2. The van der Waals surface area contributed by atoms with Gasteiger partial charge in [-0.05, 0) is 36.8 Å². The summed E-state index contributed by atoms with van der Waals surface area (Å²) in [6, 6.07) is 8.87. The lowest BCUT2D eigenvalue weighted by Gasteiger charge is -2.28. The van der Waals surface area contributed by atoms with E-state index in [2.05, 4.69) is 0 Å². The first-order chi connectivity index (χ1) is 12.8. The molecule has 27 heavy (non-hydrogen) atoms. The van der Waals surface area contributed by atoms with Gasteiger partial charge in [0, 0.05) is 20.0 Å². The highest BCUT2D eigenvalue weighted by Gasteiger charge is 2.38. The molecule has 1 heterocycles. The number of carbonyl (C=O) groups is 2. The Bertz CT molecular complexity index is 887. The second-order valence-electron chi connectivity index (χ2n) is 6.66. The van der Waals surface area contributed by atoms with Crippen LogP contribution in [-0.2, 0) is 9.59 Å². The number of hydrogen-bond donors (Lipinski definition) is 0. The molecule has 0 N–H and O–H groups in total. The second kappa shape index (κ2) is 7.42. The van der Waals surface area contributed by atoms with E-state index in [1.165, 1.54) is 34.1 Å². The third kappa shape index (κ3) is 3.67. The molecule has 142 valence electrons. The van der Waals surface area contributed by atoms with Crippen molar-refractivity contribution >= 4 is 17.5 Å². The van der Waals surface area contributed by atoms with Gasteiger partial charge in [0.2, 0.25) is 11.8 Å². The highest BCUT2D eigenvalue weighted by Crippen LogP contribution is 2.30. The molecule has 1 aliphatic rings. The second-order valence-corrected chi connectivity index (χ2v) is 6.66. The Morgan fingerprint density at radius 2 is 1.81 bits per heavy atom. The van der Waals surface area contributed by atoms with E-state index in [4.69, 9.17) is 0 Å². The zero-order valence-corrected chi connectivity index (χ0v) is 15.0. The fourth-order valence-electron chi connectivity index (χ4n) is 3.25. The lowest BCUT2D eigenvalue weighted by Crippen LogP contribution is -2.36. The number of nitrogens with zero attached hydrogens (tertiary/aromatic N) is 2. The summed E-state index contributed by atoms with van der Waals surface area (Å²) in [6.45, 7) is 1.77. The van der Waals surface area contributed by atoms with Crippen molar-refractivity contribution in [3.63, 3.8) is 0 Å². The van der Waals surface area contributed by atoms with Gasteiger partial charge in [-0.2, -0.15) is 0 Å². The Labute approximate surface area is 155 Å². The van der Waals surface area contributed by atoms with E-state index in [0.29, 0.717) is 5.56 Å². The fraction of sp³-hybridized carbons (Fsp3) is 0.300.